The van der Waals surface area contributed by atoms with E-state index in [-0.39, 0.29) is 5.25 Å². The summed E-state index contributed by atoms with van der Waals surface area (Å²) in [5, 5.41) is 12.6. The molecule has 0 radical (unpaired) electrons. The van der Waals surface area contributed by atoms with Crippen molar-refractivity contribution in [1.29, 1.82) is 0 Å². The lowest BCUT2D eigenvalue weighted by Gasteiger charge is -2.10. The first-order valence-electron chi connectivity index (χ1n) is 8.03. The van der Waals surface area contributed by atoms with Crippen molar-refractivity contribution in [3.63, 3.8) is 0 Å². The van der Waals surface area contributed by atoms with Crippen LogP contribution in [0.25, 0.3) is 21.7 Å². The number of benzene rings is 1. The molecule has 126 valence electrons. The van der Waals surface area contributed by atoms with Crippen LogP contribution in [-0.4, -0.2) is 15.2 Å². The van der Waals surface area contributed by atoms with Gasteiger partial charge in [-0.05, 0) is 49.4 Å². The van der Waals surface area contributed by atoms with Crippen LogP contribution in [0.4, 0.5) is 0 Å². The summed E-state index contributed by atoms with van der Waals surface area (Å²) in [6.45, 7) is 6.28. The zero-order valence-electron chi connectivity index (χ0n) is 14.2. The minimum atomic E-state index is 0.0366. The Kier molecular flexibility index (Phi) is 4.31. The molecule has 0 spiro atoms. The van der Waals surface area contributed by atoms with Gasteiger partial charge >= 0.3 is 0 Å². The van der Waals surface area contributed by atoms with Gasteiger partial charge in [0.2, 0.25) is 5.89 Å². The molecule has 4 rings (SSSR count). The molecule has 6 heteroatoms. The fourth-order valence-electron chi connectivity index (χ4n) is 2.72. The number of pyridine rings is 1. The zero-order valence-corrected chi connectivity index (χ0v) is 15.8. The second kappa shape index (κ2) is 6.61. The van der Waals surface area contributed by atoms with E-state index in [1.807, 2.05) is 17.5 Å². The number of aromatic nitrogens is 3. The number of nitrogens with zero attached hydrogens (tertiary/aromatic N) is 3. The van der Waals surface area contributed by atoms with Crippen LogP contribution in [0.5, 0.6) is 0 Å². The van der Waals surface area contributed by atoms with Crippen LogP contribution in [0, 0.1) is 13.8 Å². The number of thioether (sulfide) groups is 1. The van der Waals surface area contributed by atoms with E-state index in [1.165, 1.54) is 16.5 Å². The number of aryl methyl sites for hydroxylation is 2. The first kappa shape index (κ1) is 16.3. The van der Waals surface area contributed by atoms with Gasteiger partial charge in [0.15, 0.2) is 0 Å². The van der Waals surface area contributed by atoms with Crippen molar-refractivity contribution < 1.29 is 4.42 Å². The van der Waals surface area contributed by atoms with Crippen molar-refractivity contribution in [3.8, 4) is 10.8 Å². The fraction of sp³-hybridized carbons (Fsp3) is 0.211. The smallest absolute Gasteiger partial charge is 0.257 e. The molecule has 25 heavy (non-hydrogen) atoms. The number of hydrogen-bond acceptors (Lipinski definition) is 6. The van der Waals surface area contributed by atoms with Crippen LogP contribution in [0.2, 0.25) is 0 Å². The largest absolute Gasteiger partial charge is 0.419 e. The molecular weight excluding hydrogens is 350 g/mol. The van der Waals surface area contributed by atoms with E-state index in [1.54, 1.807) is 23.1 Å². The van der Waals surface area contributed by atoms with Crippen LogP contribution >= 0.6 is 23.1 Å². The second-order valence-corrected chi connectivity index (χ2v) is 8.24. The highest BCUT2D eigenvalue weighted by Gasteiger charge is 2.18. The standard InChI is InChI=1S/C19H17N3OS2/c1-11-6-4-7-14-12(2)10-16(20-17(11)14)25-13(3)18-21-22-19(23-18)15-8-5-9-24-15/h4-10,13H,1-3H3/t13-/m1/s1. The first-order valence-corrected chi connectivity index (χ1v) is 9.78. The Morgan fingerprint density at radius 2 is 1.96 bits per heavy atom. The summed E-state index contributed by atoms with van der Waals surface area (Å²) in [6, 6.07) is 12.4. The Hall–Kier alpha value is -2.18. The highest BCUT2D eigenvalue weighted by atomic mass is 32.2. The fourth-order valence-corrected chi connectivity index (χ4v) is 4.31. The van der Waals surface area contributed by atoms with Gasteiger partial charge in [0, 0.05) is 5.39 Å². The van der Waals surface area contributed by atoms with Gasteiger partial charge in [0.1, 0.15) is 0 Å². The maximum Gasteiger partial charge on any atom is 0.257 e. The molecule has 1 atom stereocenters. The topological polar surface area (TPSA) is 51.8 Å². The third kappa shape index (κ3) is 3.19. The van der Waals surface area contributed by atoms with E-state index >= 15 is 0 Å². The van der Waals surface area contributed by atoms with Gasteiger partial charge < -0.3 is 4.42 Å². The number of fused-ring (bicyclic) bond motifs is 1. The maximum absolute atomic E-state index is 5.84. The van der Waals surface area contributed by atoms with Crippen LogP contribution in [0.15, 0.2) is 51.2 Å². The molecule has 0 saturated carbocycles. The Bertz CT molecular complexity index is 1020. The van der Waals surface area contributed by atoms with E-state index in [2.05, 4.69) is 55.2 Å². The molecular formula is C19H17N3OS2. The summed E-state index contributed by atoms with van der Waals surface area (Å²) in [4.78, 5) is 5.82. The second-order valence-electron chi connectivity index (χ2n) is 5.93. The Morgan fingerprint density at radius 1 is 1.08 bits per heavy atom. The molecule has 4 nitrogen and oxygen atoms in total. The zero-order chi connectivity index (χ0) is 17.4. The average molecular weight is 367 g/mol. The molecule has 3 aromatic heterocycles. The molecule has 0 aliphatic rings. The molecule has 4 aromatic rings. The monoisotopic (exact) mass is 367 g/mol. The molecule has 0 N–H and O–H groups in total. The van der Waals surface area contributed by atoms with Crippen molar-refractivity contribution in [2.24, 2.45) is 0 Å². The van der Waals surface area contributed by atoms with Crippen LogP contribution < -0.4 is 0 Å². The number of hydrogen-bond donors (Lipinski definition) is 0. The summed E-state index contributed by atoms with van der Waals surface area (Å²) in [6.07, 6.45) is 0. The van der Waals surface area contributed by atoms with Gasteiger partial charge in [-0.2, -0.15) is 0 Å². The van der Waals surface area contributed by atoms with E-state index in [4.69, 9.17) is 9.40 Å². The first-order chi connectivity index (χ1) is 12.1. The Balaban J connectivity index is 1.62. The maximum atomic E-state index is 5.84. The van der Waals surface area contributed by atoms with Gasteiger partial charge in [0.25, 0.3) is 5.89 Å². The average Bonchev–Trinajstić information content (AvgIpc) is 3.27. The molecule has 0 saturated heterocycles. The highest BCUT2D eigenvalue weighted by molar-refractivity contribution is 7.99. The Labute approximate surface area is 154 Å². The molecule has 1 aromatic carbocycles. The molecule has 0 aliphatic carbocycles. The quantitative estimate of drug-likeness (QED) is 0.426. The van der Waals surface area contributed by atoms with E-state index in [0.717, 1.165) is 15.4 Å². The van der Waals surface area contributed by atoms with Gasteiger partial charge in [-0.3, -0.25) is 0 Å². The highest BCUT2D eigenvalue weighted by Crippen LogP contribution is 2.36. The summed E-state index contributed by atoms with van der Waals surface area (Å²) < 4.78 is 5.84. The van der Waals surface area contributed by atoms with Gasteiger partial charge in [-0.25, -0.2) is 4.98 Å². The van der Waals surface area contributed by atoms with E-state index in [9.17, 15) is 0 Å². The molecule has 0 unspecified atom stereocenters. The third-order valence-electron chi connectivity index (χ3n) is 4.04. The Morgan fingerprint density at radius 3 is 2.76 bits per heavy atom. The summed E-state index contributed by atoms with van der Waals surface area (Å²) in [7, 11) is 0. The van der Waals surface area contributed by atoms with Crippen LogP contribution in [0.3, 0.4) is 0 Å². The molecule has 0 fully saturated rings. The number of para-hydroxylation sites is 1. The number of thiophene rings is 1. The van der Waals surface area contributed by atoms with Crippen molar-refractivity contribution in [2.45, 2.75) is 31.0 Å². The van der Waals surface area contributed by atoms with Crippen molar-refractivity contribution in [3.05, 3.63) is 58.8 Å². The van der Waals surface area contributed by atoms with E-state index < -0.39 is 0 Å². The lowest BCUT2D eigenvalue weighted by atomic mass is 10.1. The lowest BCUT2D eigenvalue weighted by Crippen LogP contribution is -1.93. The van der Waals surface area contributed by atoms with Crippen molar-refractivity contribution >= 4 is 34.0 Å². The van der Waals surface area contributed by atoms with Gasteiger partial charge in [0.05, 0.1) is 20.7 Å². The number of rotatable bonds is 4. The predicted octanol–water partition coefficient (Wildman–Crippen LogP) is 5.82. The molecule has 0 bridgehead atoms. The van der Waals surface area contributed by atoms with Gasteiger partial charge in [-0.1, -0.05) is 36.0 Å². The molecule has 0 amide bonds. The van der Waals surface area contributed by atoms with Crippen molar-refractivity contribution in [1.82, 2.24) is 15.2 Å². The predicted molar refractivity (Wildman–Crippen MR) is 103 cm³/mol. The van der Waals surface area contributed by atoms with E-state index in [0.29, 0.717) is 11.8 Å². The lowest BCUT2D eigenvalue weighted by molar-refractivity contribution is 0.510. The third-order valence-corrected chi connectivity index (χ3v) is 5.91. The summed E-state index contributed by atoms with van der Waals surface area (Å²) >= 11 is 3.24. The van der Waals surface area contributed by atoms with Gasteiger partial charge in [-0.15, -0.1) is 21.5 Å². The molecule has 0 aliphatic heterocycles. The van der Waals surface area contributed by atoms with Crippen LogP contribution in [-0.2, 0) is 0 Å². The minimum absolute atomic E-state index is 0.0366. The minimum Gasteiger partial charge on any atom is -0.419 e. The van der Waals surface area contributed by atoms with Crippen molar-refractivity contribution in [2.75, 3.05) is 0 Å². The SMILES string of the molecule is Cc1cc(S[C@H](C)c2nnc(-c3cccs3)o2)nc2c(C)cccc12. The summed E-state index contributed by atoms with van der Waals surface area (Å²) in [5.41, 5.74) is 3.48. The normalized spacial score (nSPS) is 12.6. The summed E-state index contributed by atoms with van der Waals surface area (Å²) in [5.74, 6) is 1.20. The van der Waals surface area contributed by atoms with Crippen LogP contribution in [0.1, 0.15) is 29.2 Å². The molecule has 3 heterocycles.